The first-order valence-electron chi connectivity index (χ1n) is 7.40. The zero-order valence-corrected chi connectivity index (χ0v) is 14.3. The quantitative estimate of drug-likeness (QED) is 0.722. The Morgan fingerprint density at radius 3 is 2.43 bits per heavy atom. The first-order chi connectivity index (χ1) is 9.94. The van der Waals surface area contributed by atoms with Crippen molar-refractivity contribution in [2.45, 2.75) is 32.2 Å². The van der Waals surface area contributed by atoms with E-state index in [4.69, 9.17) is 0 Å². The summed E-state index contributed by atoms with van der Waals surface area (Å²) in [5.74, 6) is 0. The Morgan fingerprint density at radius 1 is 1.19 bits per heavy atom. The number of rotatable bonds is 9. The molecule has 0 heterocycles. The standard InChI is InChI=1S/C15H27N3O2S/c1-5-18(6-2)10-9-17-21(19,20)15-11-14(12-16-4)8-7-13(15)3/h7-8,11,16-17H,5-6,9-10,12H2,1-4H3. The number of likely N-dealkylation sites (N-methyl/N-ethyl adjacent to an activating group) is 1. The van der Waals surface area contributed by atoms with Gasteiger partial charge in [-0.1, -0.05) is 26.0 Å². The molecular weight excluding hydrogens is 286 g/mol. The predicted octanol–water partition coefficient (Wildman–Crippen LogP) is 1.33. The van der Waals surface area contributed by atoms with E-state index >= 15 is 0 Å². The maximum absolute atomic E-state index is 12.4. The Kier molecular flexibility index (Phi) is 7.31. The SMILES string of the molecule is CCN(CC)CCNS(=O)(=O)c1cc(CNC)ccc1C. The van der Waals surface area contributed by atoms with Crippen LogP contribution in [0.5, 0.6) is 0 Å². The molecule has 2 N–H and O–H groups in total. The molecule has 0 aliphatic carbocycles. The summed E-state index contributed by atoms with van der Waals surface area (Å²) in [7, 11) is -1.60. The van der Waals surface area contributed by atoms with Crippen molar-refractivity contribution < 1.29 is 8.42 Å². The van der Waals surface area contributed by atoms with Gasteiger partial charge < -0.3 is 10.2 Å². The van der Waals surface area contributed by atoms with Gasteiger partial charge in [0.05, 0.1) is 4.90 Å². The Bertz CT molecular complexity index is 540. The van der Waals surface area contributed by atoms with Crippen molar-refractivity contribution >= 4 is 10.0 Å². The molecular formula is C15H27N3O2S. The lowest BCUT2D eigenvalue weighted by molar-refractivity contribution is 0.309. The van der Waals surface area contributed by atoms with Gasteiger partial charge in [-0.25, -0.2) is 13.1 Å². The number of hydrogen-bond donors (Lipinski definition) is 2. The van der Waals surface area contributed by atoms with Crippen molar-refractivity contribution in [3.05, 3.63) is 29.3 Å². The number of benzene rings is 1. The smallest absolute Gasteiger partial charge is 0.240 e. The van der Waals surface area contributed by atoms with Crippen LogP contribution in [0.3, 0.4) is 0 Å². The molecule has 1 aromatic rings. The fourth-order valence-electron chi connectivity index (χ4n) is 2.20. The summed E-state index contributed by atoms with van der Waals surface area (Å²) in [5.41, 5.74) is 1.73. The third-order valence-electron chi connectivity index (χ3n) is 3.54. The highest BCUT2D eigenvalue weighted by Crippen LogP contribution is 2.16. The number of nitrogens with zero attached hydrogens (tertiary/aromatic N) is 1. The van der Waals surface area contributed by atoms with Crippen LogP contribution in [0.4, 0.5) is 0 Å². The summed E-state index contributed by atoms with van der Waals surface area (Å²) in [6.07, 6.45) is 0. The summed E-state index contributed by atoms with van der Waals surface area (Å²) < 4.78 is 27.5. The van der Waals surface area contributed by atoms with Crippen LogP contribution in [0.15, 0.2) is 23.1 Å². The highest BCUT2D eigenvalue weighted by atomic mass is 32.2. The number of aryl methyl sites for hydroxylation is 1. The third-order valence-corrected chi connectivity index (χ3v) is 5.14. The summed E-state index contributed by atoms with van der Waals surface area (Å²) in [6.45, 7) is 9.63. The van der Waals surface area contributed by atoms with Gasteiger partial charge in [0.15, 0.2) is 0 Å². The normalized spacial score (nSPS) is 12.0. The molecule has 0 spiro atoms. The Hall–Kier alpha value is -0.950. The monoisotopic (exact) mass is 313 g/mol. The van der Waals surface area contributed by atoms with Crippen molar-refractivity contribution in [3.8, 4) is 0 Å². The van der Waals surface area contributed by atoms with Crippen molar-refractivity contribution in [1.82, 2.24) is 14.9 Å². The van der Waals surface area contributed by atoms with E-state index in [-0.39, 0.29) is 0 Å². The molecule has 5 nitrogen and oxygen atoms in total. The molecule has 0 aliphatic rings. The Morgan fingerprint density at radius 2 is 1.86 bits per heavy atom. The zero-order chi connectivity index (χ0) is 15.9. The maximum atomic E-state index is 12.4. The molecule has 0 aliphatic heterocycles. The van der Waals surface area contributed by atoms with E-state index in [9.17, 15) is 8.42 Å². The molecule has 0 saturated carbocycles. The second-order valence-electron chi connectivity index (χ2n) is 5.05. The van der Waals surface area contributed by atoms with Crippen molar-refractivity contribution in [2.24, 2.45) is 0 Å². The minimum Gasteiger partial charge on any atom is -0.316 e. The molecule has 0 saturated heterocycles. The molecule has 21 heavy (non-hydrogen) atoms. The van der Waals surface area contributed by atoms with Crippen molar-refractivity contribution in [2.75, 3.05) is 33.2 Å². The molecule has 0 bridgehead atoms. The van der Waals surface area contributed by atoms with Gasteiger partial charge in [0, 0.05) is 19.6 Å². The lowest BCUT2D eigenvalue weighted by Crippen LogP contribution is -2.35. The van der Waals surface area contributed by atoms with Crippen LogP contribution >= 0.6 is 0 Å². The fourth-order valence-corrected chi connectivity index (χ4v) is 3.52. The summed E-state index contributed by atoms with van der Waals surface area (Å²) in [5, 5.41) is 3.03. The van der Waals surface area contributed by atoms with Crippen molar-refractivity contribution in [3.63, 3.8) is 0 Å². The minimum atomic E-state index is -3.45. The predicted molar refractivity (Wildman–Crippen MR) is 86.9 cm³/mol. The molecule has 0 amide bonds. The van der Waals surface area contributed by atoms with E-state index in [1.54, 1.807) is 6.07 Å². The van der Waals surface area contributed by atoms with E-state index in [1.165, 1.54) is 0 Å². The van der Waals surface area contributed by atoms with Crippen LogP contribution < -0.4 is 10.0 Å². The van der Waals surface area contributed by atoms with Crippen LogP contribution in [0.25, 0.3) is 0 Å². The van der Waals surface area contributed by atoms with Crippen LogP contribution in [0.2, 0.25) is 0 Å². The van der Waals surface area contributed by atoms with Crippen LogP contribution in [-0.4, -0.2) is 46.5 Å². The molecule has 0 radical (unpaired) electrons. The summed E-state index contributed by atoms with van der Waals surface area (Å²) in [4.78, 5) is 2.56. The number of nitrogens with one attached hydrogen (secondary N) is 2. The minimum absolute atomic E-state index is 0.370. The molecule has 1 aromatic carbocycles. The van der Waals surface area contributed by atoms with E-state index < -0.39 is 10.0 Å². The fraction of sp³-hybridized carbons (Fsp3) is 0.600. The largest absolute Gasteiger partial charge is 0.316 e. The number of sulfonamides is 1. The first kappa shape index (κ1) is 18.1. The van der Waals surface area contributed by atoms with Crippen molar-refractivity contribution in [1.29, 1.82) is 0 Å². The average molecular weight is 313 g/mol. The van der Waals surface area contributed by atoms with E-state index in [2.05, 4.69) is 28.8 Å². The van der Waals surface area contributed by atoms with E-state index in [0.29, 0.717) is 18.0 Å². The van der Waals surface area contributed by atoms with Gasteiger partial charge in [-0.05, 0) is 44.3 Å². The number of hydrogen-bond acceptors (Lipinski definition) is 4. The van der Waals surface area contributed by atoms with Crippen LogP contribution in [0, 0.1) is 6.92 Å². The Labute approximate surface area is 128 Å². The lowest BCUT2D eigenvalue weighted by atomic mass is 10.1. The Balaban J connectivity index is 2.80. The van der Waals surface area contributed by atoms with Crippen LogP contribution in [0.1, 0.15) is 25.0 Å². The first-order valence-corrected chi connectivity index (χ1v) is 8.89. The van der Waals surface area contributed by atoms with Gasteiger partial charge in [-0.15, -0.1) is 0 Å². The average Bonchev–Trinajstić information content (AvgIpc) is 2.45. The molecule has 0 fully saturated rings. The summed E-state index contributed by atoms with van der Waals surface area (Å²) in [6, 6.07) is 5.54. The molecule has 120 valence electrons. The van der Waals surface area contributed by atoms with Gasteiger partial charge in [-0.2, -0.15) is 0 Å². The van der Waals surface area contributed by atoms with Gasteiger partial charge in [0.25, 0.3) is 0 Å². The molecule has 0 aromatic heterocycles. The molecule has 0 unspecified atom stereocenters. The third kappa shape index (κ3) is 5.39. The van der Waals surface area contributed by atoms with Gasteiger partial charge >= 0.3 is 0 Å². The second kappa shape index (κ2) is 8.48. The lowest BCUT2D eigenvalue weighted by Gasteiger charge is -2.18. The van der Waals surface area contributed by atoms with E-state index in [0.717, 1.165) is 30.8 Å². The summed E-state index contributed by atoms with van der Waals surface area (Å²) >= 11 is 0. The maximum Gasteiger partial charge on any atom is 0.240 e. The van der Waals surface area contributed by atoms with E-state index in [1.807, 2.05) is 26.1 Å². The topological polar surface area (TPSA) is 61.4 Å². The van der Waals surface area contributed by atoms with Gasteiger partial charge in [0.1, 0.15) is 0 Å². The molecule has 0 atom stereocenters. The second-order valence-corrected chi connectivity index (χ2v) is 6.79. The van der Waals surface area contributed by atoms with Gasteiger partial charge in [-0.3, -0.25) is 0 Å². The van der Waals surface area contributed by atoms with Gasteiger partial charge in [0.2, 0.25) is 10.0 Å². The van der Waals surface area contributed by atoms with Crippen LogP contribution in [-0.2, 0) is 16.6 Å². The highest BCUT2D eigenvalue weighted by Gasteiger charge is 2.17. The molecule has 1 rings (SSSR count). The zero-order valence-electron chi connectivity index (χ0n) is 13.4. The molecule has 6 heteroatoms. The highest BCUT2D eigenvalue weighted by molar-refractivity contribution is 7.89.